The first-order valence-electron chi connectivity index (χ1n) is 15.1. The summed E-state index contributed by atoms with van der Waals surface area (Å²) < 4.78 is 42.6. The Morgan fingerprint density at radius 3 is 2.77 bits per heavy atom. The molecular weight excluding hydrogens is 592 g/mol. The first-order chi connectivity index (χ1) is 21.1. The van der Waals surface area contributed by atoms with Gasteiger partial charge < -0.3 is 23.9 Å². The average Bonchev–Trinajstić information content (AvgIpc) is 3.67. The molecule has 1 aromatic carbocycles. The van der Waals surface area contributed by atoms with E-state index in [1.165, 1.54) is 6.20 Å². The van der Waals surface area contributed by atoms with Gasteiger partial charge >= 0.3 is 5.92 Å². The molecule has 234 valence electrons. The summed E-state index contributed by atoms with van der Waals surface area (Å²) >= 11 is 6.13. The standard InChI is InChI=1S/C32H36ClF2N5O4/c1-20-18-40(14-11-31(20,2)23-16-21(33)17-36-29(23)42)25(41)19-43-15-7-10-32(34,35)30-37-26-22-8-3-4-9-24(22)44-27(26)28(38-30)39-12-5-6-13-39/h3-4,8-9,16-17,20H,5-7,10-15,18-19H2,1-2H3,(H,36,42). The van der Waals surface area contributed by atoms with E-state index in [1.54, 1.807) is 17.0 Å². The zero-order chi connectivity index (χ0) is 31.1. The first-order valence-corrected chi connectivity index (χ1v) is 15.5. The largest absolute Gasteiger partial charge is 0.450 e. The molecule has 1 amide bonds. The molecule has 2 aliphatic rings. The summed E-state index contributed by atoms with van der Waals surface area (Å²) in [5.41, 5.74) is 1.39. The summed E-state index contributed by atoms with van der Waals surface area (Å²) in [6, 6.07) is 8.97. The van der Waals surface area contributed by atoms with Crippen molar-refractivity contribution in [2.75, 3.05) is 44.3 Å². The van der Waals surface area contributed by atoms with E-state index in [9.17, 15) is 9.59 Å². The third kappa shape index (κ3) is 5.79. The van der Waals surface area contributed by atoms with Gasteiger partial charge in [0.25, 0.3) is 5.56 Å². The minimum absolute atomic E-state index is 0.00377. The monoisotopic (exact) mass is 627 g/mol. The van der Waals surface area contributed by atoms with E-state index < -0.39 is 23.6 Å². The van der Waals surface area contributed by atoms with Crippen molar-refractivity contribution in [3.05, 3.63) is 63.3 Å². The number of amides is 1. The van der Waals surface area contributed by atoms with Crippen molar-refractivity contribution in [2.24, 2.45) is 5.92 Å². The number of fused-ring (bicyclic) bond motifs is 3. The lowest BCUT2D eigenvalue weighted by Crippen LogP contribution is -2.51. The van der Waals surface area contributed by atoms with Gasteiger partial charge in [0.1, 0.15) is 17.7 Å². The fraction of sp³-hybridized carbons (Fsp3) is 0.500. The minimum Gasteiger partial charge on any atom is -0.450 e. The number of alkyl halides is 2. The fourth-order valence-electron chi connectivity index (χ4n) is 6.39. The molecule has 3 aromatic heterocycles. The third-order valence-corrected chi connectivity index (χ3v) is 9.48. The van der Waals surface area contributed by atoms with Crippen LogP contribution in [0.1, 0.15) is 57.3 Å². The van der Waals surface area contributed by atoms with Crippen molar-refractivity contribution >= 4 is 45.4 Å². The third-order valence-electron chi connectivity index (χ3n) is 9.26. The van der Waals surface area contributed by atoms with Gasteiger partial charge in [0.2, 0.25) is 11.7 Å². The first kappa shape index (κ1) is 30.5. The molecule has 0 radical (unpaired) electrons. The number of rotatable bonds is 9. The van der Waals surface area contributed by atoms with Crippen molar-refractivity contribution < 1.29 is 22.7 Å². The summed E-state index contributed by atoms with van der Waals surface area (Å²) in [6.45, 7) is 6.17. The number of hydrogen-bond acceptors (Lipinski definition) is 7. The maximum atomic E-state index is 15.5. The normalized spacial score (nSPS) is 21.1. The summed E-state index contributed by atoms with van der Waals surface area (Å²) in [5.74, 6) is -3.63. The molecule has 12 heteroatoms. The van der Waals surface area contributed by atoms with Crippen LogP contribution >= 0.6 is 11.6 Å². The van der Waals surface area contributed by atoms with Gasteiger partial charge in [0.15, 0.2) is 11.4 Å². The van der Waals surface area contributed by atoms with Crippen LogP contribution < -0.4 is 10.5 Å². The Hall–Kier alpha value is -3.57. The van der Waals surface area contributed by atoms with Crippen molar-refractivity contribution in [1.82, 2.24) is 19.9 Å². The van der Waals surface area contributed by atoms with Gasteiger partial charge in [0, 0.05) is 61.8 Å². The molecule has 2 atom stereocenters. The maximum absolute atomic E-state index is 15.5. The van der Waals surface area contributed by atoms with Crippen LogP contribution in [0.4, 0.5) is 14.6 Å². The number of benzene rings is 1. The number of H-pyrrole nitrogens is 1. The minimum atomic E-state index is -3.29. The Bertz CT molecular complexity index is 1740. The number of piperidine rings is 1. The van der Waals surface area contributed by atoms with E-state index in [2.05, 4.69) is 15.0 Å². The molecule has 2 saturated heterocycles. The molecule has 9 nitrogen and oxygen atoms in total. The van der Waals surface area contributed by atoms with Crippen molar-refractivity contribution in [3.8, 4) is 0 Å². The number of aromatic nitrogens is 3. The maximum Gasteiger partial charge on any atom is 0.306 e. The molecule has 2 fully saturated rings. The van der Waals surface area contributed by atoms with Gasteiger partial charge in [-0.15, -0.1) is 0 Å². The fourth-order valence-corrected chi connectivity index (χ4v) is 6.55. The second kappa shape index (κ2) is 12.1. The number of carbonyl (C=O) groups is 1. The van der Waals surface area contributed by atoms with Gasteiger partial charge in [0.05, 0.1) is 5.02 Å². The number of para-hydroxylation sites is 1. The van der Waals surface area contributed by atoms with E-state index in [1.807, 2.05) is 36.9 Å². The highest BCUT2D eigenvalue weighted by Gasteiger charge is 2.41. The highest BCUT2D eigenvalue weighted by Crippen LogP contribution is 2.40. The number of aromatic amines is 1. The van der Waals surface area contributed by atoms with Gasteiger partial charge in [-0.2, -0.15) is 8.78 Å². The Kier molecular flexibility index (Phi) is 8.36. The zero-order valence-electron chi connectivity index (χ0n) is 24.9. The molecule has 2 unspecified atom stereocenters. The predicted molar refractivity (Wildman–Crippen MR) is 164 cm³/mol. The number of likely N-dealkylation sites (tertiary alicyclic amines) is 1. The van der Waals surface area contributed by atoms with E-state index in [-0.39, 0.29) is 37.0 Å². The van der Waals surface area contributed by atoms with Gasteiger partial charge in [-0.05, 0) is 49.8 Å². The Labute approximate surface area is 258 Å². The number of halogens is 3. The van der Waals surface area contributed by atoms with E-state index in [0.717, 1.165) is 25.9 Å². The SMILES string of the molecule is CC1CN(C(=O)COCCCC(F)(F)c2nc(N3CCCC3)c3oc4ccccc4c3n2)CCC1(C)c1cc(Cl)c[nH]c1=O. The number of furan rings is 1. The number of pyridine rings is 1. The lowest BCUT2D eigenvalue weighted by Gasteiger charge is -2.44. The van der Waals surface area contributed by atoms with Crippen LogP contribution in [0, 0.1) is 5.92 Å². The summed E-state index contributed by atoms with van der Waals surface area (Å²) in [4.78, 5) is 40.4. The van der Waals surface area contributed by atoms with Crippen LogP contribution in [0.25, 0.3) is 22.1 Å². The summed E-state index contributed by atoms with van der Waals surface area (Å²) in [7, 11) is 0. The van der Waals surface area contributed by atoms with E-state index in [4.69, 9.17) is 20.8 Å². The van der Waals surface area contributed by atoms with Gasteiger partial charge in [-0.3, -0.25) is 9.59 Å². The molecule has 4 aromatic rings. The molecule has 5 heterocycles. The van der Waals surface area contributed by atoms with Gasteiger partial charge in [-0.1, -0.05) is 37.6 Å². The van der Waals surface area contributed by atoms with Crippen LogP contribution in [-0.4, -0.2) is 65.2 Å². The van der Waals surface area contributed by atoms with Crippen molar-refractivity contribution in [1.29, 1.82) is 0 Å². The Morgan fingerprint density at radius 2 is 2.00 bits per heavy atom. The predicted octanol–water partition coefficient (Wildman–Crippen LogP) is 6.03. The second-order valence-electron chi connectivity index (χ2n) is 12.2. The zero-order valence-corrected chi connectivity index (χ0v) is 25.6. The molecule has 0 saturated carbocycles. The number of nitrogens with zero attached hydrogens (tertiary/aromatic N) is 4. The molecule has 6 rings (SSSR count). The highest BCUT2D eigenvalue weighted by molar-refractivity contribution is 6.30. The number of anilines is 1. The topological polar surface area (TPSA) is 105 Å². The molecular formula is C32H36ClF2N5O4. The van der Waals surface area contributed by atoms with Crippen LogP contribution in [-0.2, 0) is 20.9 Å². The second-order valence-corrected chi connectivity index (χ2v) is 12.6. The van der Waals surface area contributed by atoms with Crippen LogP contribution in [0.15, 0.2) is 45.7 Å². The molecule has 2 aliphatic heterocycles. The lowest BCUT2D eigenvalue weighted by molar-refractivity contribution is -0.139. The smallest absolute Gasteiger partial charge is 0.306 e. The quantitative estimate of drug-likeness (QED) is 0.226. The molecule has 44 heavy (non-hydrogen) atoms. The van der Waals surface area contributed by atoms with Gasteiger partial charge in [-0.25, -0.2) is 9.97 Å². The molecule has 1 N–H and O–H groups in total. The van der Waals surface area contributed by atoms with Crippen molar-refractivity contribution in [3.63, 3.8) is 0 Å². The lowest BCUT2D eigenvalue weighted by atomic mass is 9.68. The molecule has 0 spiro atoms. The van der Waals surface area contributed by atoms with Crippen molar-refractivity contribution in [2.45, 2.75) is 57.3 Å². The Morgan fingerprint density at radius 1 is 1.23 bits per heavy atom. The summed E-state index contributed by atoms with van der Waals surface area (Å²) in [6.07, 6.45) is 3.49. The number of ether oxygens (including phenoxy) is 1. The highest BCUT2D eigenvalue weighted by atomic mass is 35.5. The number of hydrogen-bond donors (Lipinski definition) is 1. The van der Waals surface area contributed by atoms with Crippen LogP contribution in [0.3, 0.4) is 0 Å². The van der Waals surface area contributed by atoms with Crippen LogP contribution in [0.2, 0.25) is 5.02 Å². The summed E-state index contributed by atoms with van der Waals surface area (Å²) in [5, 5.41) is 1.13. The average molecular weight is 628 g/mol. The van der Waals surface area contributed by atoms with E-state index >= 15 is 8.78 Å². The Balaban J connectivity index is 1.06. The number of carbonyl (C=O) groups excluding carboxylic acids is 1. The van der Waals surface area contributed by atoms with E-state index in [0.29, 0.717) is 58.0 Å². The number of nitrogens with one attached hydrogen (secondary N) is 1. The van der Waals surface area contributed by atoms with Crippen LogP contribution in [0.5, 0.6) is 0 Å². The molecule has 0 aliphatic carbocycles. The molecule has 0 bridgehead atoms.